The Labute approximate surface area is 332 Å². The second-order valence-corrected chi connectivity index (χ2v) is 15.3. The number of methoxy groups -OCH3 is 2. The quantitative estimate of drug-likeness (QED) is 0.114. The summed E-state index contributed by atoms with van der Waals surface area (Å²) in [6.07, 6.45) is 13.2. The van der Waals surface area contributed by atoms with Crippen LogP contribution in [0.15, 0.2) is 71.8 Å². The van der Waals surface area contributed by atoms with Gasteiger partial charge in [0.05, 0.1) is 51.5 Å². The van der Waals surface area contributed by atoms with Crippen LogP contribution < -0.4 is 26.3 Å². The van der Waals surface area contributed by atoms with Gasteiger partial charge in [-0.25, -0.2) is 0 Å². The number of nitrogens with two attached hydrogens (primary N) is 2. The molecule has 0 unspecified atom stereocenters. The summed E-state index contributed by atoms with van der Waals surface area (Å²) in [4.78, 5) is 47.8. The monoisotopic (exact) mass is 777 g/mol. The van der Waals surface area contributed by atoms with Gasteiger partial charge in [-0.3, -0.25) is 19.2 Å². The highest BCUT2D eigenvalue weighted by Crippen LogP contribution is 2.32. The normalized spacial score (nSPS) is 22.4. The minimum Gasteiger partial charge on any atom is -0.497 e. The second-order valence-electron chi connectivity index (χ2n) is 15.3. The Balaban J connectivity index is 0.000000245. The van der Waals surface area contributed by atoms with Gasteiger partial charge >= 0.3 is 5.97 Å². The molecule has 2 aromatic carbocycles. The van der Waals surface area contributed by atoms with Crippen LogP contribution in [-0.2, 0) is 41.5 Å². The van der Waals surface area contributed by atoms with E-state index >= 15 is 0 Å². The summed E-state index contributed by atoms with van der Waals surface area (Å²) in [7, 11) is 3.21. The molecular weight excluding hydrogens is 714 g/mol. The zero-order valence-electron chi connectivity index (χ0n) is 32.9. The van der Waals surface area contributed by atoms with Crippen LogP contribution in [0.1, 0.15) is 90.7 Å². The summed E-state index contributed by atoms with van der Waals surface area (Å²) in [5.41, 5.74) is 15.2. The largest absolute Gasteiger partial charge is 0.497 e. The Morgan fingerprint density at radius 1 is 0.732 bits per heavy atom. The maximum absolute atomic E-state index is 12.8. The van der Waals surface area contributed by atoms with Crippen molar-refractivity contribution in [1.82, 2.24) is 5.32 Å². The first kappa shape index (κ1) is 46.0. The van der Waals surface area contributed by atoms with Crippen LogP contribution in [0.3, 0.4) is 0 Å². The summed E-state index contributed by atoms with van der Waals surface area (Å²) >= 11 is 0. The van der Waals surface area contributed by atoms with Crippen molar-refractivity contribution in [2.75, 3.05) is 27.4 Å². The van der Waals surface area contributed by atoms with E-state index in [2.05, 4.69) is 17.5 Å². The minimum atomic E-state index is -0.767. The molecule has 6 N–H and O–H groups in total. The molecule has 0 aromatic heterocycles. The Morgan fingerprint density at radius 3 is 1.59 bits per heavy atom. The molecule has 56 heavy (non-hydrogen) atoms. The van der Waals surface area contributed by atoms with Gasteiger partial charge in [-0.2, -0.15) is 0 Å². The molecule has 0 saturated carbocycles. The molecule has 1 amide bonds. The number of amides is 1. The molecule has 2 fully saturated rings. The molecule has 4 aliphatic rings. The molecule has 12 nitrogen and oxygen atoms in total. The first-order chi connectivity index (χ1) is 26.2. The first-order valence-electron chi connectivity index (χ1n) is 19.2. The van der Waals surface area contributed by atoms with E-state index in [9.17, 15) is 19.2 Å². The van der Waals surface area contributed by atoms with Crippen LogP contribution in [0, 0.1) is 5.92 Å². The van der Waals surface area contributed by atoms with Crippen molar-refractivity contribution in [2.24, 2.45) is 17.4 Å². The number of aliphatic carboxylic acids is 1. The Hall–Kier alpha value is -4.36. The van der Waals surface area contributed by atoms with Crippen molar-refractivity contribution in [3.63, 3.8) is 0 Å². The maximum atomic E-state index is 12.8. The maximum Gasteiger partial charge on any atom is 0.306 e. The fraction of sp³-hybridized carbons (Fsp3) is 0.545. The molecule has 0 bridgehead atoms. The molecule has 6 rings (SSSR count). The van der Waals surface area contributed by atoms with Crippen molar-refractivity contribution in [3.05, 3.63) is 83.0 Å². The molecule has 2 aliphatic heterocycles. The first-order valence-corrected chi connectivity index (χ1v) is 19.2. The van der Waals surface area contributed by atoms with Crippen molar-refractivity contribution in [2.45, 2.75) is 122 Å². The standard InChI is InChI=1S/C21H28N2O4.C11H17NO2.C11H14O3.CH4/c1-21(13-27-21)19(24)18(12-14-5-3-4-6-14)23-20(25)17(22)11-15-7-9-16(26-2)10-8-15;1-11(7-14-11)10(13)9(12)6-8-4-2-3-5-8;1-8(11(12)13)7-9-3-5-10(14-2)6-4-9;/h5,7-10,17-18H,3-4,6,11-13,22H2,1-2H3,(H,23,25);4,9H,2-3,5-7,12H2,1H3;3-6,8H,7H2,1-2H3,(H,12,13);1H4/t17-,18-,21+;9-,11+;8-;/m000./s1. The van der Waals surface area contributed by atoms with Gasteiger partial charge in [0.25, 0.3) is 0 Å². The summed E-state index contributed by atoms with van der Waals surface area (Å²) in [6.45, 7) is 6.24. The highest BCUT2D eigenvalue weighted by Gasteiger charge is 2.50. The number of carboxylic acids is 1. The number of ketones is 2. The van der Waals surface area contributed by atoms with E-state index in [4.69, 9.17) is 35.5 Å². The molecular formula is C44H63N3O9. The third-order valence-electron chi connectivity index (χ3n) is 10.5. The summed E-state index contributed by atoms with van der Waals surface area (Å²) in [6, 6.07) is 13.2. The molecule has 2 aliphatic carbocycles. The lowest BCUT2D eigenvalue weighted by atomic mass is 9.94. The lowest BCUT2D eigenvalue weighted by Crippen LogP contribution is -2.51. The molecule has 12 heteroatoms. The van der Waals surface area contributed by atoms with E-state index in [1.165, 1.54) is 17.6 Å². The molecule has 2 heterocycles. The van der Waals surface area contributed by atoms with Crippen molar-refractivity contribution >= 4 is 23.4 Å². The Kier molecular flexibility index (Phi) is 17.5. The second kappa shape index (κ2) is 21.2. The topological polar surface area (TPSA) is 196 Å². The average molecular weight is 778 g/mol. The van der Waals surface area contributed by atoms with E-state index < -0.39 is 29.3 Å². The van der Waals surface area contributed by atoms with Crippen molar-refractivity contribution < 1.29 is 43.2 Å². The van der Waals surface area contributed by atoms with Gasteiger partial charge < -0.3 is 40.8 Å². The van der Waals surface area contributed by atoms with Crippen molar-refractivity contribution in [1.29, 1.82) is 0 Å². The molecule has 308 valence electrons. The molecule has 6 atom stereocenters. The number of carbonyl (C=O) groups is 4. The SMILES string of the molecule is C.COc1ccc(C[C@H](C)C(=O)O)cc1.COc1ccc(C[C@H](N)C(=O)N[C@@H](CC2=CCCC2)C(=O)[C@@]2(C)CO2)cc1.C[C@]1(C(=O)[C@@H](N)CC2=CCCC2)CO1. The van der Waals surface area contributed by atoms with Gasteiger partial charge in [-0.05, 0) is 113 Å². The van der Waals surface area contributed by atoms with Gasteiger partial charge in [-0.15, -0.1) is 0 Å². The number of carbonyl (C=O) groups excluding carboxylic acids is 3. The van der Waals surface area contributed by atoms with Crippen LogP contribution in [0.2, 0.25) is 0 Å². The summed E-state index contributed by atoms with van der Waals surface area (Å²) in [5.74, 6) is 0.114. The average Bonchev–Trinajstić information content (AvgIpc) is 3.95. The third-order valence-corrected chi connectivity index (χ3v) is 10.5. The Morgan fingerprint density at radius 2 is 1.18 bits per heavy atom. The lowest BCUT2D eigenvalue weighted by molar-refractivity contribution is -0.141. The lowest BCUT2D eigenvalue weighted by Gasteiger charge is -2.22. The van der Waals surface area contributed by atoms with Gasteiger partial charge in [0.2, 0.25) is 5.91 Å². The fourth-order valence-electron chi connectivity index (χ4n) is 6.54. The molecule has 2 aromatic rings. The number of rotatable bonds is 17. The number of hydrogen-bond acceptors (Lipinski definition) is 10. The van der Waals surface area contributed by atoms with Crippen LogP contribution >= 0.6 is 0 Å². The Bertz CT molecular complexity index is 1680. The zero-order chi connectivity index (χ0) is 40.2. The number of benzene rings is 2. The highest BCUT2D eigenvalue weighted by molar-refractivity contribution is 5.97. The number of Topliss-reactive ketones (excluding diaryl/α,β-unsaturated/α-hetero) is 2. The predicted octanol–water partition coefficient (Wildman–Crippen LogP) is 5.67. The number of allylic oxidation sites excluding steroid dienone is 2. The van der Waals surface area contributed by atoms with Gasteiger partial charge in [0.15, 0.2) is 11.6 Å². The number of carboxylic acid groups (broad SMARTS) is 1. The molecule has 0 spiro atoms. The van der Waals surface area contributed by atoms with E-state index in [1.54, 1.807) is 28.1 Å². The zero-order valence-corrected chi connectivity index (χ0v) is 32.9. The van der Waals surface area contributed by atoms with Gasteiger partial charge in [-0.1, -0.05) is 61.9 Å². The van der Waals surface area contributed by atoms with E-state index in [1.807, 2.05) is 55.5 Å². The third kappa shape index (κ3) is 14.0. The van der Waals surface area contributed by atoms with Gasteiger partial charge in [0, 0.05) is 0 Å². The van der Waals surface area contributed by atoms with Gasteiger partial charge in [0.1, 0.15) is 22.7 Å². The van der Waals surface area contributed by atoms with E-state index in [0.717, 1.165) is 61.2 Å². The number of nitrogens with one attached hydrogen (secondary N) is 1. The van der Waals surface area contributed by atoms with Crippen LogP contribution in [-0.4, -0.2) is 85.3 Å². The number of epoxide rings is 2. The number of hydrogen-bond donors (Lipinski definition) is 4. The van der Waals surface area contributed by atoms with E-state index in [0.29, 0.717) is 32.5 Å². The van der Waals surface area contributed by atoms with Crippen LogP contribution in [0.5, 0.6) is 11.5 Å². The molecule has 0 radical (unpaired) electrons. The fourth-order valence-corrected chi connectivity index (χ4v) is 6.54. The van der Waals surface area contributed by atoms with Crippen LogP contribution in [0.25, 0.3) is 0 Å². The summed E-state index contributed by atoms with van der Waals surface area (Å²) in [5, 5.41) is 11.6. The number of ether oxygens (including phenoxy) is 4. The van der Waals surface area contributed by atoms with Crippen molar-refractivity contribution in [3.8, 4) is 11.5 Å². The smallest absolute Gasteiger partial charge is 0.306 e. The predicted molar refractivity (Wildman–Crippen MR) is 217 cm³/mol. The van der Waals surface area contributed by atoms with Crippen LogP contribution in [0.4, 0.5) is 0 Å². The summed E-state index contributed by atoms with van der Waals surface area (Å²) < 4.78 is 20.5. The highest BCUT2D eigenvalue weighted by atomic mass is 16.6. The minimum absolute atomic E-state index is 0. The van der Waals surface area contributed by atoms with E-state index in [-0.39, 0.29) is 36.9 Å². The molecule has 2 saturated heterocycles.